The van der Waals surface area contributed by atoms with E-state index in [0.29, 0.717) is 16.5 Å². The van der Waals surface area contributed by atoms with E-state index in [2.05, 4.69) is 25.4 Å². The Kier molecular flexibility index (Phi) is 4.14. The van der Waals surface area contributed by atoms with E-state index in [0.717, 1.165) is 21.9 Å². The average molecular weight is 401 g/mol. The van der Waals surface area contributed by atoms with Gasteiger partial charge in [-0.2, -0.15) is 5.10 Å². The van der Waals surface area contributed by atoms with Gasteiger partial charge in [0.2, 0.25) is 0 Å². The summed E-state index contributed by atoms with van der Waals surface area (Å²) < 4.78 is 3.55. The lowest BCUT2D eigenvalue weighted by atomic mass is 10.2. The summed E-state index contributed by atoms with van der Waals surface area (Å²) in [6.07, 6.45) is 6.78. The zero-order valence-corrected chi connectivity index (χ0v) is 16.2. The van der Waals surface area contributed by atoms with E-state index < -0.39 is 0 Å². The fourth-order valence-electron chi connectivity index (χ4n) is 3.03. The lowest BCUT2D eigenvalue weighted by Gasteiger charge is -2.05. The number of anilines is 1. The number of amides is 1. The van der Waals surface area contributed by atoms with Crippen LogP contribution in [-0.2, 0) is 0 Å². The fourth-order valence-corrected chi connectivity index (χ4v) is 4.03. The molecule has 0 radical (unpaired) electrons. The van der Waals surface area contributed by atoms with Gasteiger partial charge >= 0.3 is 0 Å². The highest BCUT2D eigenvalue weighted by atomic mass is 32.1. The molecule has 0 spiro atoms. The third kappa shape index (κ3) is 3.17. The number of nitrogens with one attached hydrogen (secondary N) is 1. The van der Waals surface area contributed by atoms with E-state index in [1.165, 1.54) is 17.7 Å². The maximum Gasteiger partial charge on any atom is 0.268 e. The molecule has 4 aromatic heterocycles. The molecule has 0 aliphatic rings. The quantitative estimate of drug-likeness (QED) is 0.497. The van der Waals surface area contributed by atoms with Crippen LogP contribution in [0, 0.1) is 6.92 Å². The molecule has 1 aromatic carbocycles. The van der Waals surface area contributed by atoms with Crippen molar-refractivity contribution < 1.29 is 4.79 Å². The number of benzene rings is 1. The Morgan fingerprint density at radius 3 is 2.76 bits per heavy atom. The maximum atomic E-state index is 12.8. The number of nitrogens with zero attached hydrogens (tertiary/aromatic N) is 6. The number of carbonyl (C=O) groups is 1. The predicted molar refractivity (Wildman–Crippen MR) is 110 cm³/mol. The number of imidazole rings is 1. The third-order valence-corrected chi connectivity index (χ3v) is 5.62. The van der Waals surface area contributed by atoms with Crippen LogP contribution >= 0.6 is 11.3 Å². The van der Waals surface area contributed by atoms with Crippen molar-refractivity contribution in [2.45, 2.75) is 6.92 Å². The van der Waals surface area contributed by atoms with Gasteiger partial charge in [0.1, 0.15) is 17.0 Å². The SMILES string of the molecule is Cc1c(C(=O)Nc2cc(-n3cccn3)ncn2)sc2nc(-c3ccccc3)cn12. The monoisotopic (exact) mass is 401 g/mol. The summed E-state index contributed by atoms with van der Waals surface area (Å²) in [5.41, 5.74) is 2.76. The van der Waals surface area contributed by atoms with Crippen LogP contribution in [0.5, 0.6) is 0 Å². The zero-order valence-electron chi connectivity index (χ0n) is 15.4. The molecular formula is C20H15N7OS. The molecule has 5 rings (SSSR count). The molecule has 0 saturated carbocycles. The van der Waals surface area contributed by atoms with Gasteiger partial charge in [-0.15, -0.1) is 0 Å². The van der Waals surface area contributed by atoms with Crippen molar-refractivity contribution in [2.24, 2.45) is 0 Å². The van der Waals surface area contributed by atoms with Crippen molar-refractivity contribution in [1.82, 2.24) is 29.1 Å². The number of aryl methyl sites for hydroxylation is 1. The molecule has 0 aliphatic carbocycles. The van der Waals surface area contributed by atoms with Crippen LogP contribution in [0.3, 0.4) is 0 Å². The van der Waals surface area contributed by atoms with Crippen molar-refractivity contribution >= 4 is 28.0 Å². The van der Waals surface area contributed by atoms with Crippen LogP contribution in [0.15, 0.2) is 67.4 Å². The Bertz CT molecular complexity index is 1310. The number of carbonyl (C=O) groups excluding carboxylic acids is 1. The first-order valence-corrected chi connectivity index (χ1v) is 9.68. The molecule has 5 aromatic rings. The number of aromatic nitrogens is 6. The molecule has 0 saturated heterocycles. The highest BCUT2D eigenvalue weighted by Gasteiger charge is 2.19. The van der Waals surface area contributed by atoms with Gasteiger partial charge < -0.3 is 5.32 Å². The molecule has 0 bridgehead atoms. The Morgan fingerprint density at radius 1 is 1.14 bits per heavy atom. The summed E-state index contributed by atoms with van der Waals surface area (Å²) in [6.45, 7) is 1.91. The molecule has 1 N–H and O–H groups in total. The second-order valence-electron chi connectivity index (χ2n) is 6.33. The minimum atomic E-state index is -0.232. The molecule has 4 heterocycles. The largest absolute Gasteiger partial charge is 0.306 e. The summed E-state index contributed by atoms with van der Waals surface area (Å²) in [5, 5.41) is 6.97. The van der Waals surface area contributed by atoms with Gasteiger partial charge in [0.15, 0.2) is 10.8 Å². The van der Waals surface area contributed by atoms with Crippen LogP contribution < -0.4 is 5.32 Å². The average Bonchev–Trinajstić information content (AvgIpc) is 3.47. The number of hydrogen-bond donors (Lipinski definition) is 1. The summed E-state index contributed by atoms with van der Waals surface area (Å²) in [7, 11) is 0. The highest BCUT2D eigenvalue weighted by Crippen LogP contribution is 2.27. The Labute approximate surface area is 169 Å². The van der Waals surface area contributed by atoms with E-state index in [-0.39, 0.29) is 5.91 Å². The van der Waals surface area contributed by atoms with Crippen molar-refractivity contribution in [3.8, 4) is 17.1 Å². The second-order valence-corrected chi connectivity index (χ2v) is 7.31. The second kappa shape index (κ2) is 6.95. The fraction of sp³-hybridized carbons (Fsp3) is 0.0500. The van der Waals surface area contributed by atoms with Crippen LogP contribution in [0.25, 0.3) is 22.0 Å². The Balaban J connectivity index is 1.42. The first kappa shape index (κ1) is 17.3. The molecule has 29 heavy (non-hydrogen) atoms. The van der Waals surface area contributed by atoms with E-state index in [1.807, 2.05) is 47.9 Å². The number of thiazole rings is 1. The highest BCUT2D eigenvalue weighted by molar-refractivity contribution is 7.19. The molecular weight excluding hydrogens is 386 g/mol. The maximum absolute atomic E-state index is 12.8. The number of hydrogen-bond acceptors (Lipinski definition) is 6. The molecule has 0 fully saturated rings. The van der Waals surface area contributed by atoms with Crippen LogP contribution in [-0.4, -0.2) is 35.0 Å². The Hall–Kier alpha value is -3.85. The van der Waals surface area contributed by atoms with Crippen LogP contribution in [0.1, 0.15) is 15.4 Å². The summed E-state index contributed by atoms with van der Waals surface area (Å²) in [5.74, 6) is 0.751. The first-order valence-electron chi connectivity index (χ1n) is 8.86. The Morgan fingerprint density at radius 2 is 2.00 bits per heavy atom. The van der Waals surface area contributed by atoms with E-state index >= 15 is 0 Å². The zero-order chi connectivity index (χ0) is 19.8. The molecule has 142 valence electrons. The van der Waals surface area contributed by atoms with E-state index in [4.69, 9.17) is 0 Å². The van der Waals surface area contributed by atoms with Crippen LogP contribution in [0.2, 0.25) is 0 Å². The van der Waals surface area contributed by atoms with Gasteiger partial charge in [0, 0.05) is 35.9 Å². The molecule has 0 atom stereocenters. The first-order chi connectivity index (χ1) is 14.2. The number of rotatable bonds is 4. The lowest BCUT2D eigenvalue weighted by Crippen LogP contribution is -2.13. The van der Waals surface area contributed by atoms with Gasteiger partial charge in [0.25, 0.3) is 5.91 Å². The molecule has 8 nitrogen and oxygen atoms in total. The molecule has 1 amide bonds. The van der Waals surface area contributed by atoms with Crippen molar-refractivity contribution in [3.05, 3.63) is 78.0 Å². The van der Waals surface area contributed by atoms with E-state index in [1.54, 1.807) is 29.2 Å². The molecule has 0 unspecified atom stereocenters. The van der Waals surface area contributed by atoms with Gasteiger partial charge in [-0.25, -0.2) is 19.6 Å². The standard InChI is InChI=1S/C20H15N7OS/c1-13-18(29-20-24-15(11-26(13)20)14-6-3-2-4-7-14)19(28)25-16-10-17(22-12-21-16)27-9-5-8-23-27/h2-12H,1H3,(H,21,22,25,28). The minimum absolute atomic E-state index is 0.232. The minimum Gasteiger partial charge on any atom is -0.306 e. The van der Waals surface area contributed by atoms with Gasteiger partial charge in [-0.05, 0) is 13.0 Å². The smallest absolute Gasteiger partial charge is 0.268 e. The summed E-state index contributed by atoms with van der Waals surface area (Å²) >= 11 is 1.35. The summed E-state index contributed by atoms with van der Waals surface area (Å²) in [6, 6.07) is 13.4. The van der Waals surface area contributed by atoms with E-state index in [9.17, 15) is 4.79 Å². The predicted octanol–water partition coefficient (Wildman–Crippen LogP) is 3.60. The van der Waals surface area contributed by atoms with Crippen LogP contribution in [0.4, 0.5) is 5.82 Å². The van der Waals surface area contributed by atoms with Gasteiger partial charge in [-0.3, -0.25) is 9.20 Å². The molecule has 0 aliphatic heterocycles. The summed E-state index contributed by atoms with van der Waals surface area (Å²) in [4.78, 5) is 27.2. The normalized spacial score (nSPS) is 11.1. The van der Waals surface area contributed by atoms with Gasteiger partial charge in [0.05, 0.1) is 5.69 Å². The van der Waals surface area contributed by atoms with Crippen molar-refractivity contribution in [2.75, 3.05) is 5.32 Å². The molecule has 9 heteroatoms. The lowest BCUT2D eigenvalue weighted by molar-refractivity contribution is 0.102. The number of fused-ring (bicyclic) bond motifs is 1. The van der Waals surface area contributed by atoms with Crippen molar-refractivity contribution in [3.63, 3.8) is 0 Å². The van der Waals surface area contributed by atoms with Gasteiger partial charge in [-0.1, -0.05) is 41.7 Å². The third-order valence-electron chi connectivity index (χ3n) is 4.47. The topological polar surface area (TPSA) is 90.0 Å². The van der Waals surface area contributed by atoms with Crippen molar-refractivity contribution in [1.29, 1.82) is 0 Å².